The van der Waals surface area contributed by atoms with E-state index in [0.717, 1.165) is 5.56 Å². The third kappa shape index (κ3) is 2.96. The molecule has 4 heteroatoms. The number of aryl methyl sites for hydroxylation is 1. The number of hydrogen-bond donors (Lipinski definition) is 1. The van der Waals surface area contributed by atoms with Crippen LogP contribution in [0.4, 0.5) is 0 Å². The summed E-state index contributed by atoms with van der Waals surface area (Å²) in [6, 6.07) is 15.5. The fourth-order valence-electron chi connectivity index (χ4n) is 3.68. The van der Waals surface area contributed by atoms with Crippen molar-refractivity contribution in [3.05, 3.63) is 77.4 Å². The van der Waals surface area contributed by atoms with E-state index in [9.17, 15) is 8.42 Å². The summed E-state index contributed by atoms with van der Waals surface area (Å²) in [6.45, 7) is 2.09. The molecule has 0 saturated heterocycles. The fraction of sp³-hybridized carbons (Fsp3) is 0.238. The summed E-state index contributed by atoms with van der Waals surface area (Å²) in [7, 11) is -3.66. The van der Waals surface area contributed by atoms with Gasteiger partial charge >= 0.3 is 0 Å². The first-order chi connectivity index (χ1) is 11.9. The number of hydrogen-bond acceptors (Lipinski definition) is 2. The molecule has 3 nitrogen and oxygen atoms in total. The normalized spacial score (nSPS) is 18.6. The van der Waals surface area contributed by atoms with Gasteiger partial charge < -0.3 is 0 Å². The van der Waals surface area contributed by atoms with Crippen molar-refractivity contribution >= 4 is 21.2 Å². The topological polar surface area (TPSA) is 60.2 Å². The maximum Gasteiger partial charge on any atom is 0.238 e. The zero-order valence-corrected chi connectivity index (χ0v) is 15.0. The second-order valence-corrected chi connectivity index (χ2v) is 8.70. The van der Waals surface area contributed by atoms with Gasteiger partial charge in [-0.25, -0.2) is 13.6 Å². The number of allylic oxidation sites excluding steroid dienone is 4. The van der Waals surface area contributed by atoms with Gasteiger partial charge in [-0.3, -0.25) is 0 Å². The van der Waals surface area contributed by atoms with Crippen LogP contribution in [0, 0.1) is 12.3 Å². The van der Waals surface area contributed by atoms with E-state index in [-0.39, 0.29) is 10.3 Å². The lowest BCUT2D eigenvalue weighted by Crippen LogP contribution is -2.22. The van der Waals surface area contributed by atoms with E-state index in [1.165, 1.54) is 41.5 Å². The molecule has 0 amide bonds. The molecule has 0 radical (unpaired) electrons. The molecule has 2 aromatic carbocycles. The highest BCUT2D eigenvalue weighted by atomic mass is 32.2. The Hall–Kier alpha value is -2.17. The molecule has 128 valence electrons. The molecular formula is C21H21NO2S. The molecule has 0 aliphatic heterocycles. The summed E-state index contributed by atoms with van der Waals surface area (Å²) >= 11 is 0. The average molecular weight is 351 g/mol. The Morgan fingerprint density at radius 1 is 0.840 bits per heavy atom. The number of primary sulfonamides is 1. The van der Waals surface area contributed by atoms with Crippen molar-refractivity contribution in [1.82, 2.24) is 0 Å². The van der Waals surface area contributed by atoms with E-state index >= 15 is 0 Å². The van der Waals surface area contributed by atoms with Gasteiger partial charge in [-0.05, 0) is 54.2 Å². The molecule has 2 aromatic rings. The lowest BCUT2D eigenvalue weighted by Gasteiger charge is -2.34. The standard InChI is InChI=1S/C21H21NO2S/c1-15-3-5-16(6-4-15)19-13-21(11-2-12-21)14-20(19)17-7-9-18(10-8-17)25(22,23)24/h3-10,13-14H,2,11-12H2,1H3,(H2,22,23,24). The van der Waals surface area contributed by atoms with E-state index in [1.807, 2.05) is 12.1 Å². The fourth-order valence-corrected chi connectivity index (χ4v) is 4.20. The van der Waals surface area contributed by atoms with Crippen LogP contribution in [0.2, 0.25) is 0 Å². The van der Waals surface area contributed by atoms with Gasteiger partial charge in [0, 0.05) is 5.41 Å². The van der Waals surface area contributed by atoms with Crippen LogP contribution in [0.5, 0.6) is 0 Å². The first kappa shape index (κ1) is 16.3. The maximum absolute atomic E-state index is 11.5. The van der Waals surface area contributed by atoms with E-state index in [1.54, 1.807) is 12.1 Å². The molecule has 0 heterocycles. The van der Waals surface area contributed by atoms with Crippen LogP contribution < -0.4 is 5.14 Å². The summed E-state index contributed by atoms with van der Waals surface area (Å²) < 4.78 is 23.0. The van der Waals surface area contributed by atoms with Crippen LogP contribution in [0.1, 0.15) is 36.0 Å². The van der Waals surface area contributed by atoms with Gasteiger partial charge in [-0.2, -0.15) is 0 Å². The summed E-state index contributed by atoms with van der Waals surface area (Å²) in [5.41, 5.74) is 6.07. The van der Waals surface area contributed by atoms with Crippen LogP contribution >= 0.6 is 0 Å². The van der Waals surface area contributed by atoms with Crippen LogP contribution in [0.15, 0.2) is 65.6 Å². The van der Waals surface area contributed by atoms with Crippen molar-refractivity contribution in [3.63, 3.8) is 0 Å². The Bertz CT molecular complexity index is 977. The SMILES string of the molecule is Cc1ccc(C2=CC3(C=C2c2ccc(S(N)(=O)=O)cc2)CCC3)cc1. The molecular weight excluding hydrogens is 330 g/mol. The predicted octanol–water partition coefficient (Wildman–Crippen LogP) is 4.29. The molecule has 25 heavy (non-hydrogen) atoms. The molecule has 1 saturated carbocycles. The van der Waals surface area contributed by atoms with Gasteiger partial charge in [0.15, 0.2) is 0 Å². The second-order valence-electron chi connectivity index (χ2n) is 7.14. The third-order valence-corrected chi connectivity index (χ3v) is 6.22. The Morgan fingerprint density at radius 2 is 1.32 bits per heavy atom. The van der Waals surface area contributed by atoms with Gasteiger partial charge in [0.2, 0.25) is 10.0 Å². The van der Waals surface area contributed by atoms with Gasteiger partial charge in [-0.15, -0.1) is 0 Å². The second kappa shape index (κ2) is 5.68. The monoisotopic (exact) mass is 351 g/mol. The molecule has 0 bridgehead atoms. The molecule has 2 aliphatic carbocycles. The van der Waals surface area contributed by atoms with E-state index in [4.69, 9.17) is 5.14 Å². The van der Waals surface area contributed by atoms with Gasteiger partial charge in [0.1, 0.15) is 0 Å². The average Bonchev–Trinajstić information content (AvgIpc) is 2.96. The van der Waals surface area contributed by atoms with Crippen LogP contribution in [0.3, 0.4) is 0 Å². The summed E-state index contributed by atoms with van der Waals surface area (Å²) in [5.74, 6) is 0. The van der Waals surface area contributed by atoms with Gasteiger partial charge in [0.05, 0.1) is 4.90 Å². The van der Waals surface area contributed by atoms with E-state index < -0.39 is 10.0 Å². The van der Waals surface area contributed by atoms with Crippen molar-refractivity contribution in [3.8, 4) is 0 Å². The van der Waals surface area contributed by atoms with Crippen molar-refractivity contribution in [2.75, 3.05) is 0 Å². The third-order valence-electron chi connectivity index (χ3n) is 5.29. The Balaban J connectivity index is 1.77. The number of rotatable bonds is 3. The molecule has 0 unspecified atom stereocenters. The molecule has 4 rings (SSSR count). The van der Waals surface area contributed by atoms with E-state index in [2.05, 4.69) is 43.3 Å². The quantitative estimate of drug-likeness (QED) is 0.896. The molecule has 0 aromatic heterocycles. The highest BCUT2D eigenvalue weighted by molar-refractivity contribution is 7.89. The highest BCUT2D eigenvalue weighted by Crippen LogP contribution is 2.53. The Labute approximate surface area is 148 Å². The zero-order valence-electron chi connectivity index (χ0n) is 14.2. The summed E-state index contributed by atoms with van der Waals surface area (Å²) in [6.07, 6.45) is 8.37. The van der Waals surface area contributed by atoms with Crippen LogP contribution in [-0.2, 0) is 10.0 Å². The minimum absolute atomic E-state index is 0.147. The summed E-state index contributed by atoms with van der Waals surface area (Å²) in [5, 5.41) is 5.21. The molecule has 2 N–H and O–H groups in total. The Morgan fingerprint density at radius 3 is 1.72 bits per heavy atom. The van der Waals surface area contributed by atoms with Gasteiger partial charge in [-0.1, -0.05) is 60.5 Å². The van der Waals surface area contributed by atoms with Gasteiger partial charge in [0.25, 0.3) is 0 Å². The lowest BCUT2D eigenvalue weighted by atomic mass is 9.70. The summed E-state index contributed by atoms with van der Waals surface area (Å²) in [4.78, 5) is 0.147. The minimum Gasteiger partial charge on any atom is -0.225 e. The lowest BCUT2D eigenvalue weighted by molar-refractivity contribution is 0.282. The maximum atomic E-state index is 11.5. The molecule has 1 fully saturated rings. The van der Waals surface area contributed by atoms with E-state index in [0.29, 0.717) is 0 Å². The number of sulfonamides is 1. The minimum atomic E-state index is -3.66. The first-order valence-electron chi connectivity index (χ1n) is 8.53. The smallest absolute Gasteiger partial charge is 0.225 e. The largest absolute Gasteiger partial charge is 0.238 e. The number of benzene rings is 2. The van der Waals surface area contributed by atoms with Crippen molar-refractivity contribution < 1.29 is 8.42 Å². The number of nitrogens with two attached hydrogens (primary N) is 1. The first-order valence-corrected chi connectivity index (χ1v) is 10.1. The zero-order chi connectivity index (χ0) is 17.7. The molecule has 2 aliphatic rings. The highest BCUT2D eigenvalue weighted by Gasteiger charge is 2.38. The van der Waals surface area contributed by atoms with Crippen molar-refractivity contribution in [1.29, 1.82) is 0 Å². The van der Waals surface area contributed by atoms with Crippen LogP contribution in [-0.4, -0.2) is 8.42 Å². The molecule has 0 atom stereocenters. The van der Waals surface area contributed by atoms with Crippen molar-refractivity contribution in [2.45, 2.75) is 31.1 Å². The molecule has 1 spiro atoms. The van der Waals surface area contributed by atoms with Crippen molar-refractivity contribution in [2.24, 2.45) is 10.6 Å². The predicted molar refractivity (Wildman–Crippen MR) is 101 cm³/mol. The Kier molecular flexibility index (Phi) is 3.71. The van der Waals surface area contributed by atoms with Crippen LogP contribution in [0.25, 0.3) is 11.1 Å².